The molecule has 0 fully saturated rings. The lowest BCUT2D eigenvalue weighted by atomic mass is 10.1. The Morgan fingerprint density at radius 1 is 1.04 bits per heavy atom. The van der Waals surface area contributed by atoms with Gasteiger partial charge in [-0.15, -0.1) is 0 Å². The highest BCUT2D eigenvalue weighted by Gasteiger charge is 2.15. The molecule has 2 aromatic carbocycles. The van der Waals surface area contributed by atoms with Crippen molar-refractivity contribution in [1.29, 1.82) is 0 Å². The Kier molecular flexibility index (Phi) is 4.06. The van der Waals surface area contributed by atoms with Gasteiger partial charge in [0.25, 0.3) is 0 Å². The lowest BCUT2D eigenvalue weighted by Gasteiger charge is -2.10. The highest BCUT2D eigenvalue weighted by atomic mass is 19.2. The van der Waals surface area contributed by atoms with Crippen molar-refractivity contribution in [2.45, 2.75) is 13.0 Å². The molecule has 0 saturated heterocycles. The predicted molar refractivity (Wildman–Crippen MR) is 81.3 cm³/mol. The fourth-order valence-corrected chi connectivity index (χ4v) is 2.41. The Balaban J connectivity index is 1.86. The summed E-state index contributed by atoms with van der Waals surface area (Å²) < 4.78 is 41.9. The quantitative estimate of drug-likeness (QED) is 0.591. The Bertz CT molecular complexity index is 843. The van der Waals surface area contributed by atoms with Gasteiger partial charge in [0.2, 0.25) is 0 Å². The van der Waals surface area contributed by atoms with Crippen LogP contribution in [0.15, 0.2) is 48.8 Å². The van der Waals surface area contributed by atoms with Gasteiger partial charge < -0.3 is 10.3 Å². The molecule has 3 rings (SSSR count). The number of nitrogens with zero attached hydrogens (tertiary/aromatic N) is 2. The highest BCUT2D eigenvalue weighted by Crippen LogP contribution is 2.18. The number of rotatable bonds is 4. The van der Waals surface area contributed by atoms with Crippen LogP contribution in [0.1, 0.15) is 17.0 Å². The second-order valence-corrected chi connectivity index (χ2v) is 5.23. The molecule has 0 aliphatic rings. The second-order valence-electron chi connectivity index (χ2n) is 5.23. The molecule has 1 aromatic heterocycles. The average Bonchev–Trinajstić information content (AvgIpc) is 2.95. The Hall–Kier alpha value is -2.76. The van der Waals surface area contributed by atoms with E-state index in [2.05, 4.69) is 4.98 Å². The van der Waals surface area contributed by atoms with Crippen LogP contribution in [0.4, 0.5) is 18.9 Å². The van der Waals surface area contributed by atoms with E-state index in [9.17, 15) is 13.2 Å². The average molecular weight is 317 g/mol. The molecule has 3 aromatic rings. The third kappa shape index (κ3) is 3.21. The van der Waals surface area contributed by atoms with Gasteiger partial charge in [-0.05, 0) is 29.3 Å². The molecule has 0 spiro atoms. The summed E-state index contributed by atoms with van der Waals surface area (Å²) in [7, 11) is 0. The van der Waals surface area contributed by atoms with Gasteiger partial charge in [0.05, 0.1) is 0 Å². The first-order valence-electron chi connectivity index (χ1n) is 7.01. The number of benzene rings is 2. The normalized spacial score (nSPS) is 10.9. The van der Waals surface area contributed by atoms with Gasteiger partial charge in [0.1, 0.15) is 5.82 Å². The summed E-state index contributed by atoms with van der Waals surface area (Å²) in [5.41, 5.74) is 7.42. The Morgan fingerprint density at radius 3 is 2.65 bits per heavy atom. The van der Waals surface area contributed by atoms with Gasteiger partial charge in [-0.25, -0.2) is 18.2 Å². The van der Waals surface area contributed by atoms with Crippen LogP contribution in [0.25, 0.3) is 0 Å². The molecule has 0 unspecified atom stereocenters. The maximum Gasteiger partial charge on any atom is 0.194 e. The molecule has 23 heavy (non-hydrogen) atoms. The van der Waals surface area contributed by atoms with Crippen molar-refractivity contribution in [1.82, 2.24) is 9.55 Å². The summed E-state index contributed by atoms with van der Waals surface area (Å²) in [6.07, 6.45) is 3.40. The molecule has 0 atom stereocenters. The topological polar surface area (TPSA) is 43.8 Å². The molecular weight excluding hydrogens is 303 g/mol. The van der Waals surface area contributed by atoms with Crippen molar-refractivity contribution in [3.05, 3.63) is 83.2 Å². The molecule has 6 heteroatoms. The number of hydrogen-bond donors (Lipinski definition) is 1. The number of aromatic nitrogens is 2. The Morgan fingerprint density at radius 2 is 1.87 bits per heavy atom. The van der Waals surface area contributed by atoms with E-state index >= 15 is 0 Å². The van der Waals surface area contributed by atoms with Crippen LogP contribution in [0.2, 0.25) is 0 Å². The standard InChI is InChI=1S/C17H14F3N3/c18-14-5-4-12(16(19)17(14)20)9-15-22-6-7-23(15)10-11-2-1-3-13(21)8-11/h1-8H,9-10,21H2. The molecule has 0 amide bonds. The molecule has 0 radical (unpaired) electrons. The molecular formula is C17H14F3N3. The number of halogens is 3. The zero-order valence-corrected chi connectivity index (χ0v) is 12.1. The number of imidazole rings is 1. The van der Waals surface area contributed by atoms with Crippen molar-refractivity contribution in [2.24, 2.45) is 0 Å². The molecule has 118 valence electrons. The van der Waals surface area contributed by atoms with Crippen molar-refractivity contribution in [2.75, 3.05) is 5.73 Å². The second kappa shape index (κ2) is 6.16. The summed E-state index contributed by atoms with van der Waals surface area (Å²) in [5, 5.41) is 0. The predicted octanol–water partition coefficient (Wildman–Crippen LogP) is 3.52. The summed E-state index contributed by atoms with van der Waals surface area (Å²) in [4.78, 5) is 4.17. The fraction of sp³-hybridized carbons (Fsp3) is 0.118. The van der Waals surface area contributed by atoms with E-state index in [0.717, 1.165) is 11.6 Å². The smallest absolute Gasteiger partial charge is 0.194 e. The van der Waals surface area contributed by atoms with Gasteiger partial charge in [-0.1, -0.05) is 18.2 Å². The molecule has 0 saturated carbocycles. The van der Waals surface area contributed by atoms with E-state index in [4.69, 9.17) is 5.73 Å². The van der Waals surface area contributed by atoms with Crippen LogP contribution >= 0.6 is 0 Å². The number of nitrogens with two attached hydrogens (primary N) is 1. The third-order valence-corrected chi connectivity index (χ3v) is 3.57. The van der Waals surface area contributed by atoms with Gasteiger partial charge in [-0.2, -0.15) is 0 Å². The minimum absolute atomic E-state index is 0.0592. The highest BCUT2D eigenvalue weighted by molar-refractivity contribution is 5.40. The first-order valence-corrected chi connectivity index (χ1v) is 7.01. The molecule has 3 nitrogen and oxygen atoms in total. The van der Waals surface area contributed by atoms with Crippen LogP contribution in [-0.2, 0) is 13.0 Å². The fourth-order valence-electron chi connectivity index (χ4n) is 2.41. The monoisotopic (exact) mass is 317 g/mol. The van der Waals surface area contributed by atoms with Crippen LogP contribution in [0.5, 0.6) is 0 Å². The largest absolute Gasteiger partial charge is 0.399 e. The van der Waals surface area contributed by atoms with Crippen LogP contribution in [0.3, 0.4) is 0 Å². The summed E-state index contributed by atoms with van der Waals surface area (Å²) in [5.74, 6) is -3.29. The van der Waals surface area contributed by atoms with E-state index in [1.807, 2.05) is 22.8 Å². The van der Waals surface area contributed by atoms with E-state index < -0.39 is 17.5 Å². The SMILES string of the molecule is Nc1cccc(Cn2ccnc2Cc2ccc(F)c(F)c2F)c1. The van der Waals surface area contributed by atoms with E-state index in [1.54, 1.807) is 18.5 Å². The van der Waals surface area contributed by atoms with Crippen LogP contribution in [0, 0.1) is 17.5 Å². The molecule has 1 heterocycles. The molecule has 2 N–H and O–H groups in total. The van der Waals surface area contributed by atoms with Crippen LogP contribution < -0.4 is 5.73 Å². The number of nitrogen functional groups attached to an aromatic ring is 1. The minimum atomic E-state index is -1.46. The summed E-state index contributed by atoms with van der Waals surface area (Å²) in [6, 6.07) is 9.53. The maximum atomic E-state index is 13.8. The third-order valence-electron chi connectivity index (χ3n) is 3.57. The van der Waals surface area contributed by atoms with E-state index in [0.29, 0.717) is 18.1 Å². The Labute approximate surface area is 131 Å². The van der Waals surface area contributed by atoms with Gasteiger partial charge >= 0.3 is 0 Å². The van der Waals surface area contributed by atoms with Crippen molar-refractivity contribution in [3.8, 4) is 0 Å². The van der Waals surface area contributed by atoms with Crippen molar-refractivity contribution >= 4 is 5.69 Å². The maximum absolute atomic E-state index is 13.8. The molecule has 0 bridgehead atoms. The molecule has 0 aliphatic heterocycles. The lowest BCUT2D eigenvalue weighted by molar-refractivity contribution is 0.441. The minimum Gasteiger partial charge on any atom is -0.399 e. The molecule has 0 aliphatic carbocycles. The van der Waals surface area contributed by atoms with Crippen LogP contribution in [-0.4, -0.2) is 9.55 Å². The van der Waals surface area contributed by atoms with Gasteiger partial charge in [0, 0.05) is 31.0 Å². The summed E-state index contributed by atoms with van der Waals surface area (Å²) >= 11 is 0. The van der Waals surface area contributed by atoms with E-state index in [-0.39, 0.29) is 12.0 Å². The van der Waals surface area contributed by atoms with Gasteiger partial charge in [0.15, 0.2) is 17.5 Å². The summed E-state index contributed by atoms with van der Waals surface area (Å²) in [6.45, 7) is 0.506. The number of anilines is 1. The first kappa shape index (κ1) is 15.1. The lowest BCUT2D eigenvalue weighted by Crippen LogP contribution is -2.07. The zero-order valence-electron chi connectivity index (χ0n) is 12.1. The van der Waals surface area contributed by atoms with Crippen molar-refractivity contribution in [3.63, 3.8) is 0 Å². The van der Waals surface area contributed by atoms with Gasteiger partial charge in [-0.3, -0.25) is 0 Å². The van der Waals surface area contributed by atoms with Crippen molar-refractivity contribution < 1.29 is 13.2 Å². The first-order chi connectivity index (χ1) is 11.0. The zero-order chi connectivity index (χ0) is 16.4. The van der Waals surface area contributed by atoms with E-state index in [1.165, 1.54) is 6.07 Å². The number of hydrogen-bond acceptors (Lipinski definition) is 2.